The molecule has 0 aromatic carbocycles. The Morgan fingerprint density at radius 2 is 2.27 bits per heavy atom. The van der Waals surface area contributed by atoms with E-state index in [2.05, 4.69) is 17.0 Å². The van der Waals surface area contributed by atoms with Crippen LogP contribution in [-0.4, -0.2) is 14.8 Å². The van der Waals surface area contributed by atoms with E-state index in [9.17, 15) is 0 Å². The van der Waals surface area contributed by atoms with Gasteiger partial charge >= 0.3 is 0 Å². The highest BCUT2D eigenvalue weighted by molar-refractivity contribution is 7.11. The summed E-state index contributed by atoms with van der Waals surface area (Å²) in [7, 11) is 0. The minimum Gasteiger partial charge on any atom is -0.325 e. The minimum absolute atomic E-state index is 0.517. The predicted octanol–water partition coefficient (Wildman–Crippen LogP) is 1.46. The van der Waals surface area contributed by atoms with Gasteiger partial charge in [-0.15, -0.1) is 11.3 Å². The third-order valence-electron chi connectivity index (χ3n) is 2.37. The van der Waals surface area contributed by atoms with Crippen LogP contribution in [-0.2, 0) is 13.1 Å². The molecule has 2 aromatic heterocycles. The Balaban J connectivity index is 2.21. The molecule has 0 aliphatic heterocycles. The molecular formula is C10H14N4S. The van der Waals surface area contributed by atoms with Crippen LogP contribution in [0.15, 0.2) is 12.3 Å². The summed E-state index contributed by atoms with van der Waals surface area (Å²) in [6.07, 6.45) is 1.77. The largest absolute Gasteiger partial charge is 0.325 e. The second-order valence-electron chi connectivity index (χ2n) is 3.43. The summed E-state index contributed by atoms with van der Waals surface area (Å²) in [5, 5.41) is 5.31. The van der Waals surface area contributed by atoms with Crippen molar-refractivity contribution < 1.29 is 0 Å². The average molecular weight is 222 g/mol. The maximum atomic E-state index is 5.61. The highest BCUT2D eigenvalue weighted by atomic mass is 32.1. The monoisotopic (exact) mass is 222 g/mol. The number of hydrogen-bond donors (Lipinski definition) is 1. The molecular weight excluding hydrogens is 208 g/mol. The van der Waals surface area contributed by atoms with Crippen molar-refractivity contribution in [3.05, 3.63) is 33.5 Å². The van der Waals surface area contributed by atoms with Gasteiger partial charge in [0.25, 0.3) is 0 Å². The van der Waals surface area contributed by atoms with E-state index in [1.807, 2.05) is 17.7 Å². The molecule has 2 aromatic rings. The molecule has 0 bridgehead atoms. The van der Waals surface area contributed by atoms with E-state index in [1.54, 1.807) is 17.5 Å². The quantitative estimate of drug-likeness (QED) is 0.855. The fourth-order valence-electron chi connectivity index (χ4n) is 1.41. The number of aromatic nitrogens is 3. The van der Waals surface area contributed by atoms with E-state index in [1.165, 1.54) is 4.88 Å². The first-order valence-corrected chi connectivity index (χ1v) is 5.66. The Kier molecular flexibility index (Phi) is 2.83. The third-order valence-corrected chi connectivity index (χ3v) is 3.43. The minimum atomic E-state index is 0.517. The summed E-state index contributed by atoms with van der Waals surface area (Å²) in [5.74, 6) is 0. The first-order chi connectivity index (χ1) is 7.20. The van der Waals surface area contributed by atoms with Gasteiger partial charge in [0.15, 0.2) is 0 Å². The SMILES string of the molecule is Cc1nc(Cn2nccc2CN)sc1C. The summed E-state index contributed by atoms with van der Waals surface area (Å²) in [4.78, 5) is 5.75. The first-order valence-electron chi connectivity index (χ1n) is 4.84. The molecule has 0 fully saturated rings. The molecule has 0 saturated heterocycles. The molecule has 0 unspecified atom stereocenters. The van der Waals surface area contributed by atoms with Crippen molar-refractivity contribution in [2.75, 3.05) is 0 Å². The molecule has 15 heavy (non-hydrogen) atoms. The topological polar surface area (TPSA) is 56.7 Å². The Morgan fingerprint density at radius 3 is 2.87 bits per heavy atom. The van der Waals surface area contributed by atoms with Crippen LogP contribution < -0.4 is 5.73 Å². The van der Waals surface area contributed by atoms with Crippen LogP contribution in [0.1, 0.15) is 21.3 Å². The van der Waals surface area contributed by atoms with Crippen LogP contribution in [0.5, 0.6) is 0 Å². The molecule has 0 aliphatic rings. The Morgan fingerprint density at radius 1 is 1.47 bits per heavy atom. The Hall–Kier alpha value is -1.20. The summed E-state index contributed by atoms with van der Waals surface area (Å²) in [6.45, 7) is 5.36. The average Bonchev–Trinajstić information content (AvgIpc) is 2.75. The zero-order valence-corrected chi connectivity index (χ0v) is 9.71. The molecule has 2 N–H and O–H groups in total. The molecule has 0 spiro atoms. The lowest BCUT2D eigenvalue weighted by Crippen LogP contribution is -2.09. The summed E-state index contributed by atoms with van der Waals surface area (Å²) < 4.78 is 1.90. The van der Waals surface area contributed by atoms with Crippen LogP contribution in [0.2, 0.25) is 0 Å². The maximum absolute atomic E-state index is 5.61. The van der Waals surface area contributed by atoms with Gasteiger partial charge in [-0.1, -0.05) is 0 Å². The highest BCUT2D eigenvalue weighted by Gasteiger charge is 2.06. The van der Waals surface area contributed by atoms with Crippen molar-refractivity contribution in [2.24, 2.45) is 5.73 Å². The third kappa shape index (κ3) is 2.08. The second kappa shape index (κ2) is 4.12. The number of hydrogen-bond acceptors (Lipinski definition) is 4. The molecule has 0 radical (unpaired) electrons. The van der Waals surface area contributed by atoms with E-state index < -0.39 is 0 Å². The van der Waals surface area contributed by atoms with E-state index in [-0.39, 0.29) is 0 Å². The summed E-state index contributed by atoms with van der Waals surface area (Å²) >= 11 is 1.72. The molecule has 0 atom stereocenters. The van der Waals surface area contributed by atoms with Gasteiger partial charge in [0.05, 0.1) is 17.9 Å². The van der Waals surface area contributed by atoms with Gasteiger partial charge in [-0.3, -0.25) is 4.68 Å². The van der Waals surface area contributed by atoms with Crippen molar-refractivity contribution >= 4 is 11.3 Å². The molecule has 5 heteroatoms. The Bertz CT molecular complexity index is 438. The smallest absolute Gasteiger partial charge is 0.115 e. The second-order valence-corrected chi connectivity index (χ2v) is 4.72. The normalized spacial score (nSPS) is 10.9. The van der Waals surface area contributed by atoms with Crippen LogP contribution in [0, 0.1) is 13.8 Å². The van der Waals surface area contributed by atoms with Crippen molar-refractivity contribution in [1.82, 2.24) is 14.8 Å². The van der Waals surface area contributed by atoms with E-state index in [0.29, 0.717) is 6.54 Å². The van der Waals surface area contributed by atoms with E-state index >= 15 is 0 Å². The lowest BCUT2D eigenvalue weighted by molar-refractivity contribution is 0.642. The van der Waals surface area contributed by atoms with Gasteiger partial charge in [0, 0.05) is 17.6 Å². The van der Waals surface area contributed by atoms with E-state index in [0.717, 1.165) is 22.9 Å². The number of aryl methyl sites for hydroxylation is 2. The number of nitrogens with two attached hydrogens (primary N) is 1. The van der Waals surface area contributed by atoms with Gasteiger partial charge in [-0.25, -0.2) is 4.98 Å². The molecule has 2 rings (SSSR count). The summed E-state index contributed by atoms with van der Waals surface area (Å²) in [5.41, 5.74) is 7.76. The van der Waals surface area contributed by atoms with Crippen LogP contribution in [0.25, 0.3) is 0 Å². The lowest BCUT2D eigenvalue weighted by Gasteiger charge is -2.02. The fraction of sp³-hybridized carbons (Fsp3) is 0.400. The van der Waals surface area contributed by atoms with Crippen molar-refractivity contribution in [3.8, 4) is 0 Å². The lowest BCUT2D eigenvalue weighted by atomic mass is 10.4. The highest BCUT2D eigenvalue weighted by Crippen LogP contribution is 2.17. The van der Waals surface area contributed by atoms with Crippen LogP contribution >= 0.6 is 11.3 Å². The van der Waals surface area contributed by atoms with Gasteiger partial charge in [-0.2, -0.15) is 5.10 Å². The number of nitrogens with zero attached hydrogens (tertiary/aromatic N) is 3. The van der Waals surface area contributed by atoms with Gasteiger partial charge in [0.2, 0.25) is 0 Å². The van der Waals surface area contributed by atoms with E-state index in [4.69, 9.17) is 5.73 Å². The zero-order chi connectivity index (χ0) is 10.8. The van der Waals surface area contributed by atoms with Crippen LogP contribution in [0.3, 0.4) is 0 Å². The van der Waals surface area contributed by atoms with Crippen molar-refractivity contribution in [3.63, 3.8) is 0 Å². The molecule has 0 saturated carbocycles. The van der Waals surface area contributed by atoms with Gasteiger partial charge in [-0.05, 0) is 19.9 Å². The molecule has 80 valence electrons. The first kappa shape index (κ1) is 10.3. The van der Waals surface area contributed by atoms with Gasteiger partial charge in [0.1, 0.15) is 5.01 Å². The van der Waals surface area contributed by atoms with Crippen LogP contribution in [0.4, 0.5) is 0 Å². The Labute approximate surface area is 92.8 Å². The van der Waals surface area contributed by atoms with Crippen molar-refractivity contribution in [1.29, 1.82) is 0 Å². The summed E-state index contributed by atoms with van der Waals surface area (Å²) in [6, 6.07) is 1.94. The van der Waals surface area contributed by atoms with Crippen molar-refractivity contribution in [2.45, 2.75) is 26.9 Å². The number of thiazole rings is 1. The molecule has 0 amide bonds. The molecule has 0 aliphatic carbocycles. The predicted molar refractivity (Wildman–Crippen MR) is 60.8 cm³/mol. The van der Waals surface area contributed by atoms with Gasteiger partial charge < -0.3 is 5.73 Å². The maximum Gasteiger partial charge on any atom is 0.115 e. The fourth-order valence-corrected chi connectivity index (χ4v) is 2.33. The molecule has 4 nitrogen and oxygen atoms in total. The molecule has 2 heterocycles. The number of rotatable bonds is 3. The standard InChI is InChI=1S/C10H14N4S/c1-7-8(2)15-10(13-7)6-14-9(5-11)3-4-12-14/h3-4H,5-6,11H2,1-2H3. The zero-order valence-electron chi connectivity index (χ0n) is 8.90.